The first-order valence-electron chi connectivity index (χ1n) is 7.57. The van der Waals surface area contributed by atoms with Gasteiger partial charge in [0.1, 0.15) is 17.2 Å². The van der Waals surface area contributed by atoms with E-state index in [9.17, 15) is 15.0 Å². The van der Waals surface area contributed by atoms with Crippen LogP contribution in [0.1, 0.15) is 0 Å². The molecule has 2 heterocycles. The highest BCUT2D eigenvalue weighted by Gasteiger charge is 2.25. The van der Waals surface area contributed by atoms with E-state index in [1.807, 2.05) is 0 Å². The molecule has 2 N–H and O–H groups in total. The third-order valence-electron chi connectivity index (χ3n) is 4.15. The number of rotatable bonds is 3. The summed E-state index contributed by atoms with van der Waals surface area (Å²) in [5.41, 5.74) is 0.134. The number of phenols is 2. The van der Waals surface area contributed by atoms with Crippen molar-refractivity contribution < 1.29 is 33.6 Å². The Labute approximate surface area is 146 Å². The van der Waals surface area contributed by atoms with Crippen molar-refractivity contribution in [2.45, 2.75) is 0 Å². The highest BCUT2D eigenvalue weighted by molar-refractivity contribution is 5.91. The van der Waals surface area contributed by atoms with E-state index < -0.39 is 5.43 Å². The Morgan fingerprint density at radius 2 is 1.88 bits per heavy atom. The maximum Gasteiger partial charge on any atom is 0.231 e. The molecule has 134 valence electrons. The van der Waals surface area contributed by atoms with Crippen LogP contribution in [0.4, 0.5) is 0 Å². The van der Waals surface area contributed by atoms with Gasteiger partial charge < -0.3 is 33.6 Å². The minimum atomic E-state index is -0.492. The van der Waals surface area contributed by atoms with Crippen LogP contribution in [0.3, 0.4) is 0 Å². The highest BCUT2D eigenvalue weighted by Crippen LogP contribution is 2.45. The van der Waals surface area contributed by atoms with Crippen molar-refractivity contribution >= 4 is 11.0 Å². The Morgan fingerprint density at radius 3 is 2.62 bits per heavy atom. The molecule has 0 spiro atoms. The second kappa shape index (κ2) is 5.76. The first-order chi connectivity index (χ1) is 12.5. The Morgan fingerprint density at radius 1 is 1.08 bits per heavy atom. The van der Waals surface area contributed by atoms with Gasteiger partial charge in [-0.2, -0.15) is 0 Å². The Bertz CT molecular complexity index is 1080. The van der Waals surface area contributed by atoms with Gasteiger partial charge in [0, 0.05) is 6.07 Å². The summed E-state index contributed by atoms with van der Waals surface area (Å²) in [5, 5.41) is 20.5. The number of hydrogen-bond acceptors (Lipinski definition) is 8. The molecule has 2 aromatic carbocycles. The van der Waals surface area contributed by atoms with Crippen molar-refractivity contribution in [3.63, 3.8) is 0 Å². The Hall–Kier alpha value is -3.55. The van der Waals surface area contributed by atoms with E-state index in [-0.39, 0.29) is 52.1 Å². The number of phenolic OH excluding ortho intramolecular Hbond substituents is 2. The second-order valence-corrected chi connectivity index (χ2v) is 5.54. The van der Waals surface area contributed by atoms with E-state index in [0.717, 1.165) is 0 Å². The van der Waals surface area contributed by atoms with Crippen LogP contribution in [0.2, 0.25) is 0 Å². The SMILES string of the molecule is COc1cc(-c2coc3cc4c(c(O)c3c2=O)OCO4)cc(O)c1OC. The van der Waals surface area contributed by atoms with Gasteiger partial charge in [0.15, 0.2) is 23.0 Å². The molecule has 4 rings (SSSR count). The molecule has 26 heavy (non-hydrogen) atoms. The van der Waals surface area contributed by atoms with Crippen LogP contribution >= 0.6 is 0 Å². The molecule has 0 fully saturated rings. The molecule has 1 aromatic heterocycles. The fourth-order valence-corrected chi connectivity index (χ4v) is 2.92. The average Bonchev–Trinajstić information content (AvgIpc) is 3.10. The third-order valence-corrected chi connectivity index (χ3v) is 4.15. The van der Waals surface area contributed by atoms with Crippen LogP contribution in [-0.2, 0) is 0 Å². The van der Waals surface area contributed by atoms with Crippen molar-refractivity contribution in [3.8, 4) is 45.6 Å². The van der Waals surface area contributed by atoms with Gasteiger partial charge in [-0.05, 0) is 17.7 Å². The molecule has 1 aliphatic heterocycles. The van der Waals surface area contributed by atoms with Crippen LogP contribution < -0.4 is 24.4 Å². The zero-order valence-electron chi connectivity index (χ0n) is 13.9. The van der Waals surface area contributed by atoms with Crippen molar-refractivity contribution in [2.24, 2.45) is 0 Å². The third kappa shape index (κ3) is 2.19. The Balaban J connectivity index is 1.98. The standard InChI is InChI=1S/C18H14O8/c1-22-12-4-8(3-10(19)17(12)23-2)9-6-24-11-5-13-18(26-7-25-13)16(21)14(11)15(9)20/h3-6,19,21H,7H2,1-2H3. The summed E-state index contributed by atoms with van der Waals surface area (Å²) in [6.07, 6.45) is 1.24. The average molecular weight is 358 g/mol. The van der Waals surface area contributed by atoms with Crippen LogP contribution in [0.5, 0.6) is 34.5 Å². The molecule has 0 bridgehead atoms. The number of methoxy groups -OCH3 is 2. The first kappa shape index (κ1) is 15.9. The normalized spacial score (nSPS) is 12.4. The van der Waals surface area contributed by atoms with E-state index >= 15 is 0 Å². The van der Waals surface area contributed by atoms with E-state index in [1.54, 1.807) is 0 Å². The molecular formula is C18H14O8. The van der Waals surface area contributed by atoms with E-state index in [4.69, 9.17) is 23.4 Å². The smallest absolute Gasteiger partial charge is 0.231 e. The molecule has 3 aromatic rings. The fourth-order valence-electron chi connectivity index (χ4n) is 2.92. The fraction of sp³-hybridized carbons (Fsp3) is 0.167. The predicted octanol–water partition coefficient (Wildman–Crippen LogP) is 2.62. The van der Waals surface area contributed by atoms with Gasteiger partial charge in [-0.1, -0.05) is 0 Å². The Kier molecular flexibility index (Phi) is 3.54. The summed E-state index contributed by atoms with van der Waals surface area (Å²) in [5.74, 6) is 0.239. The maximum atomic E-state index is 12.9. The van der Waals surface area contributed by atoms with Crippen LogP contribution in [0, 0.1) is 0 Å². The van der Waals surface area contributed by atoms with Gasteiger partial charge in [-0.15, -0.1) is 0 Å². The molecule has 0 radical (unpaired) electrons. The van der Waals surface area contributed by atoms with Gasteiger partial charge >= 0.3 is 0 Å². The van der Waals surface area contributed by atoms with Crippen LogP contribution in [0.25, 0.3) is 22.1 Å². The minimum Gasteiger partial charge on any atom is -0.504 e. The first-order valence-corrected chi connectivity index (χ1v) is 7.57. The summed E-state index contributed by atoms with van der Waals surface area (Å²) in [7, 11) is 2.80. The lowest BCUT2D eigenvalue weighted by Crippen LogP contribution is -2.05. The summed E-state index contributed by atoms with van der Waals surface area (Å²) in [6.45, 7) is -0.0518. The maximum absolute atomic E-state index is 12.9. The minimum absolute atomic E-state index is 0.0407. The molecule has 0 saturated carbocycles. The van der Waals surface area contributed by atoms with Gasteiger partial charge in [-0.25, -0.2) is 0 Å². The van der Waals surface area contributed by atoms with Crippen LogP contribution in [0.15, 0.2) is 33.7 Å². The van der Waals surface area contributed by atoms with Gasteiger partial charge in [0.2, 0.25) is 23.7 Å². The van der Waals surface area contributed by atoms with Crippen molar-refractivity contribution in [2.75, 3.05) is 21.0 Å². The zero-order chi connectivity index (χ0) is 18.4. The zero-order valence-corrected chi connectivity index (χ0v) is 13.9. The van der Waals surface area contributed by atoms with Gasteiger partial charge in [0.05, 0.1) is 19.8 Å². The quantitative estimate of drug-likeness (QED) is 0.736. The number of benzene rings is 2. The lowest BCUT2D eigenvalue weighted by molar-refractivity contribution is 0.171. The molecular weight excluding hydrogens is 344 g/mol. The molecule has 0 saturated heterocycles. The molecule has 0 aliphatic carbocycles. The lowest BCUT2D eigenvalue weighted by atomic mass is 10.0. The molecule has 8 heteroatoms. The number of ether oxygens (including phenoxy) is 4. The summed E-state index contributed by atoms with van der Waals surface area (Å²) in [4.78, 5) is 12.9. The topological polar surface area (TPSA) is 108 Å². The highest BCUT2D eigenvalue weighted by atomic mass is 16.7. The molecule has 0 atom stereocenters. The van der Waals surface area contributed by atoms with E-state index in [0.29, 0.717) is 11.3 Å². The van der Waals surface area contributed by atoms with Crippen molar-refractivity contribution in [1.29, 1.82) is 0 Å². The van der Waals surface area contributed by atoms with E-state index in [2.05, 4.69) is 0 Å². The summed E-state index contributed by atoms with van der Waals surface area (Å²) in [6, 6.07) is 4.36. The number of aromatic hydroxyl groups is 2. The lowest BCUT2D eigenvalue weighted by Gasteiger charge is -2.12. The predicted molar refractivity (Wildman–Crippen MR) is 90.5 cm³/mol. The number of fused-ring (bicyclic) bond motifs is 2. The molecule has 1 aliphatic rings. The monoisotopic (exact) mass is 358 g/mol. The van der Waals surface area contributed by atoms with Crippen molar-refractivity contribution in [3.05, 3.63) is 34.7 Å². The summed E-state index contributed by atoms with van der Waals surface area (Å²) >= 11 is 0. The molecule has 0 unspecified atom stereocenters. The molecule has 8 nitrogen and oxygen atoms in total. The summed E-state index contributed by atoms with van der Waals surface area (Å²) < 4.78 is 26.2. The van der Waals surface area contributed by atoms with E-state index in [1.165, 1.54) is 38.7 Å². The van der Waals surface area contributed by atoms with Gasteiger partial charge in [-0.3, -0.25) is 4.79 Å². The van der Waals surface area contributed by atoms with Gasteiger partial charge in [0.25, 0.3) is 0 Å². The van der Waals surface area contributed by atoms with Crippen LogP contribution in [-0.4, -0.2) is 31.2 Å². The van der Waals surface area contributed by atoms with Crippen molar-refractivity contribution in [1.82, 2.24) is 0 Å². The second-order valence-electron chi connectivity index (χ2n) is 5.54. The molecule has 0 amide bonds. The largest absolute Gasteiger partial charge is 0.504 e. The number of hydrogen-bond donors (Lipinski definition) is 2.